The van der Waals surface area contributed by atoms with Crippen molar-refractivity contribution in [3.63, 3.8) is 0 Å². The van der Waals surface area contributed by atoms with E-state index >= 15 is 0 Å². The fraction of sp³-hybridized carbons (Fsp3) is 0.774. The summed E-state index contributed by atoms with van der Waals surface area (Å²) < 4.78 is 5.77. The largest absolute Gasteiger partial charge is 0.465 e. The summed E-state index contributed by atoms with van der Waals surface area (Å²) in [6.45, 7) is 9.42. The van der Waals surface area contributed by atoms with Crippen LogP contribution in [0.1, 0.15) is 140 Å². The Kier molecular flexibility index (Phi) is 18.1. The Morgan fingerprint density at radius 2 is 1.27 bits per heavy atom. The third kappa shape index (κ3) is 16.0. The van der Waals surface area contributed by atoms with E-state index in [2.05, 4.69) is 45.9 Å². The minimum Gasteiger partial charge on any atom is -0.465 e. The number of benzene rings is 1. The van der Waals surface area contributed by atoms with Crippen molar-refractivity contribution in [2.75, 3.05) is 6.61 Å². The second kappa shape index (κ2) is 20.1. The van der Waals surface area contributed by atoms with Crippen LogP contribution in [-0.2, 0) is 16.0 Å². The first-order valence-electron chi connectivity index (χ1n) is 14.3. The van der Waals surface area contributed by atoms with Crippen LogP contribution in [-0.4, -0.2) is 12.6 Å². The number of hydrogen-bond acceptors (Lipinski definition) is 2. The number of carbonyl (C=O) groups excluding carboxylic acids is 1. The molecule has 0 aliphatic carbocycles. The van der Waals surface area contributed by atoms with Gasteiger partial charge in [0, 0.05) is 6.42 Å². The molecule has 0 aromatic heterocycles. The van der Waals surface area contributed by atoms with Crippen molar-refractivity contribution in [2.45, 2.75) is 143 Å². The SMILES string of the molecule is CCCCCCCCCCC(CCCCCCCC)COC(=O)CCc1ccc(C)cc1C. The Morgan fingerprint density at radius 3 is 1.79 bits per heavy atom. The third-order valence-electron chi connectivity index (χ3n) is 7.01. The van der Waals surface area contributed by atoms with Crippen molar-refractivity contribution >= 4 is 5.97 Å². The maximum Gasteiger partial charge on any atom is 0.306 e. The normalized spacial score (nSPS) is 12.1. The maximum atomic E-state index is 12.4. The van der Waals surface area contributed by atoms with Crippen molar-refractivity contribution in [3.05, 3.63) is 34.9 Å². The summed E-state index contributed by atoms with van der Waals surface area (Å²) in [6, 6.07) is 6.48. The van der Waals surface area contributed by atoms with Crippen LogP contribution in [0.2, 0.25) is 0 Å². The first kappa shape index (κ1) is 29.7. The predicted octanol–water partition coefficient (Wildman–Crippen LogP) is 9.68. The molecular formula is C31H54O2. The standard InChI is InChI=1S/C31H54O2/c1-5-7-9-11-13-14-16-18-20-29(19-17-15-12-10-8-6-2)26-33-31(32)24-23-30-22-21-27(3)25-28(30)4/h21-22,25,29H,5-20,23-24,26H2,1-4H3. The van der Waals surface area contributed by atoms with Gasteiger partial charge >= 0.3 is 5.97 Å². The molecule has 0 saturated carbocycles. The smallest absolute Gasteiger partial charge is 0.306 e. The summed E-state index contributed by atoms with van der Waals surface area (Å²) >= 11 is 0. The summed E-state index contributed by atoms with van der Waals surface area (Å²) in [6.07, 6.45) is 22.6. The van der Waals surface area contributed by atoms with Crippen molar-refractivity contribution < 1.29 is 9.53 Å². The van der Waals surface area contributed by atoms with Gasteiger partial charge in [0.15, 0.2) is 0 Å². The van der Waals surface area contributed by atoms with Gasteiger partial charge in [-0.1, -0.05) is 128 Å². The minimum absolute atomic E-state index is 0.0288. The number of unbranched alkanes of at least 4 members (excludes halogenated alkanes) is 12. The van der Waals surface area contributed by atoms with Gasteiger partial charge in [0.25, 0.3) is 0 Å². The monoisotopic (exact) mass is 458 g/mol. The molecule has 0 fully saturated rings. The number of esters is 1. The molecule has 0 saturated heterocycles. The van der Waals surface area contributed by atoms with Crippen molar-refractivity contribution in [1.29, 1.82) is 0 Å². The quantitative estimate of drug-likeness (QED) is 0.135. The van der Waals surface area contributed by atoms with Gasteiger partial charge in [-0.15, -0.1) is 0 Å². The van der Waals surface area contributed by atoms with E-state index in [0.717, 1.165) is 6.42 Å². The van der Waals surface area contributed by atoms with E-state index in [4.69, 9.17) is 4.74 Å². The zero-order valence-corrected chi connectivity index (χ0v) is 22.6. The highest BCUT2D eigenvalue weighted by Gasteiger charge is 2.13. The highest BCUT2D eigenvalue weighted by Crippen LogP contribution is 2.20. The molecule has 2 nitrogen and oxygen atoms in total. The topological polar surface area (TPSA) is 26.3 Å². The van der Waals surface area contributed by atoms with Crippen LogP contribution in [0.5, 0.6) is 0 Å². The lowest BCUT2D eigenvalue weighted by Crippen LogP contribution is -2.15. The highest BCUT2D eigenvalue weighted by atomic mass is 16.5. The Bertz CT molecular complexity index is 607. The van der Waals surface area contributed by atoms with Crippen LogP contribution in [0.25, 0.3) is 0 Å². The van der Waals surface area contributed by atoms with Crippen LogP contribution < -0.4 is 0 Å². The fourth-order valence-electron chi connectivity index (χ4n) is 4.74. The second-order valence-corrected chi connectivity index (χ2v) is 10.3. The predicted molar refractivity (Wildman–Crippen MR) is 144 cm³/mol. The molecule has 0 spiro atoms. The minimum atomic E-state index is -0.0288. The third-order valence-corrected chi connectivity index (χ3v) is 7.01. The molecule has 0 radical (unpaired) electrons. The first-order chi connectivity index (χ1) is 16.1. The molecule has 0 amide bonds. The molecule has 0 aliphatic rings. The molecule has 1 aromatic carbocycles. The first-order valence-corrected chi connectivity index (χ1v) is 14.3. The van der Waals surface area contributed by atoms with E-state index in [-0.39, 0.29) is 5.97 Å². The average molecular weight is 459 g/mol. The van der Waals surface area contributed by atoms with Gasteiger partial charge in [-0.25, -0.2) is 0 Å². The second-order valence-electron chi connectivity index (χ2n) is 10.3. The van der Waals surface area contributed by atoms with E-state index in [1.807, 2.05) is 0 Å². The molecule has 0 bridgehead atoms. The lowest BCUT2D eigenvalue weighted by atomic mass is 9.94. The summed E-state index contributed by atoms with van der Waals surface area (Å²) in [4.78, 5) is 12.4. The van der Waals surface area contributed by atoms with Crippen molar-refractivity contribution in [1.82, 2.24) is 0 Å². The molecule has 1 rings (SSSR count). The molecule has 33 heavy (non-hydrogen) atoms. The molecule has 190 valence electrons. The van der Waals surface area contributed by atoms with Crippen molar-refractivity contribution in [3.8, 4) is 0 Å². The van der Waals surface area contributed by atoms with Crippen molar-refractivity contribution in [2.24, 2.45) is 5.92 Å². The fourth-order valence-corrected chi connectivity index (χ4v) is 4.74. The lowest BCUT2D eigenvalue weighted by Gasteiger charge is -2.17. The molecule has 1 aromatic rings. The van der Waals surface area contributed by atoms with E-state index < -0.39 is 0 Å². The molecule has 1 atom stereocenters. The molecule has 0 heterocycles. The summed E-state index contributed by atoms with van der Waals surface area (Å²) in [5.41, 5.74) is 3.82. The Balaban J connectivity index is 2.32. The number of carbonyl (C=O) groups is 1. The van der Waals surface area contributed by atoms with Crippen LogP contribution in [0.4, 0.5) is 0 Å². The molecule has 0 N–H and O–H groups in total. The van der Waals surface area contributed by atoms with Gasteiger partial charge in [0.2, 0.25) is 0 Å². The summed E-state index contributed by atoms with van der Waals surface area (Å²) in [5, 5.41) is 0. The van der Waals surface area contributed by atoms with Crippen LogP contribution in [0.15, 0.2) is 18.2 Å². The van der Waals surface area contributed by atoms with Crippen LogP contribution in [0, 0.1) is 19.8 Å². The zero-order chi connectivity index (χ0) is 24.2. The van der Waals surface area contributed by atoms with Gasteiger partial charge in [-0.3, -0.25) is 4.79 Å². The highest BCUT2D eigenvalue weighted by molar-refractivity contribution is 5.69. The number of rotatable bonds is 21. The van der Waals surface area contributed by atoms with Gasteiger partial charge < -0.3 is 4.74 Å². The Morgan fingerprint density at radius 1 is 0.758 bits per heavy atom. The maximum absolute atomic E-state index is 12.4. The molecule has 0 aliphatic heterocycles. The Hall–Kier alpha value is -1.31. The van der Waals surface area contributed by atoms with Crippen LogP contribution in [0.3, 0.4) is 0 Å². The average Bonchev–Trinajstić information content (AvgIpc) is 2.80. The van der Waals surface area contributed by atoms with Gasteiger partial charge in [0.1, 0.15) is 0 Å². The molecule has 1 unspecified atom stereocenters. The van der Waals surface area contributed by atoms with Crippen LogP contribution >= 0.6 is 0 Å². The van der Waals surface area contributed by atoms with E-state index in [0.29, 0.717) is 18.9 Å². The van der Waals surface area contributed by atoms with E-state index in [1.165, 1.54) is 119 Å². The Labute approximate surface area is 206 Å². The van der Waals surface area contributed by atoms with E-state index in [9.17, 15) is 4.79 Å². The van der Waals surface area contributed by atoms with Gasteiger partial charge in [-0.2, -0.15) is 0 Å². The lowest BCUT2D eigenvalue weighted by molar-refractivity contribution is -0.145. The summed E-state index contributed by atoms with van der Waals surface area (Å²) in [7, 11) is 0. The molecule has 2 heteroatoms. The van der Waals surface area contributed by atoms with Gasteiger partial charge in [0.05, 0.1) is 6.61 Å². The zero-order valence-electron chi connectivity index (χ0n) is 22.6. The summed E-state index contributed by atoms with van der Waals surface area (Å²) in [5.74, 6) is 0.514. The molecular weight excluding hydrogens is 404 g/mol. The number of ether oxygens (including phenoxy) is 1. The van der Waals surface area contributed by atoms with E-state index in [1.54, 1.807) is 0 Å². The number of aryl methyl sites for hydroxylation is 3. The van der Waals surface area contributed by atoms with Gasteiger partial charge in [-0.05, 0) is 50.2 Å². The number of hydrogen-bond donors (Lipinski definition) is 0.